The maximum Gasteiger partial charge on any atom is 0.410 e. The molecule has 1 amide bonds. The Morgan fingerprint density at radius 3 is 2.28 bits per heavy atom. The van der Waals surface area contributed by atoms with E-state index in [1.807, 2.05) is 26.8 Å². The van der Waals surface area contributed by atoms with Gasteiger partial charge in [0.15, 0.2) is 0 Å². The highest BCUT2D eigenvalue weighted by Gasteiger charge is 2.47. The fraction of sp³-hybridized carbons (Fsp3) is 0.647. The van der Waals surface area contributed by atoms with Crippen LogP contribution in [0.25, 0.3) is 0 Å². The average Bonchev–Trinajstić information content (AvgIpc) is 2.33. The van der Waals surface area contributed by atoms with Crippen LogP contribution < -0.4 is 4.90 Å². The van der Waals surface area contributed by atoms with Crippen LogP contribution in [0.4, 0.5) is 23.8 Å². The zero-order valence-electron chi connectivity index (χ0n) is 14.5. The third-order valence-corrected chi connectivity index (χ3v) is 4.44. The number of alkyl halides is 3. The number of hydrogen-bond acceptors (Lipinski definition) is 4. The van der Waals surface area contributed by atoms with Crippen LogP contribution in [0.1, 0.15) is 32.3 Å². The van der Waals surface area contributed by atoms with Gasteiger partial charge in [-0.05, 0) is 32.4 Å². The largest absolute Gasteiger partial charge is 0.444 e. The van der Waals surface area contributed by atoms with Gasteiger partial charge in [-0.3, -0.25) is 0 Å². The number of hydrogen-bond donors (Lipinski definition) is 0. The van der Waals surface area contributed by atoms with Crippen LogP contribution in [-0.4, -0.2) is 53.9 Å². The van der Waals surface area contributed by atoms with Crippen molar-refractivity contribution in [3.05, 3.63) is 23.9 Å². The Balaban J connectivity index is 1.49. The predicted octanol–water partition coefficient (Wildman–Crippen LogP) is 3.41. The molecule has 2 aliphatic heterocycles. The van der Waals surface area contributed by atoms with Crippen LogP contribution in [0.5, 0.6) is 0 Å². The summed E-state index contributed by atoms with van der Waals surface area (Å²) in [6, 6.07) is 3.62. The Hall–Kier alpha value is -1.99. The topological polar surface area (TPSA) is 45.7 Å². The number of pyridine rings is 1. The molecule has 0 unspecified atom stereocenters. The highest BCUT2D eigenvalue weighted by atomic mass is 19.4. The van der Waals surface area contributed by atoms with Crippen LogP contribution in [0.3, 0.4) is 0 Å². The summed E-state index contributed by atoms with van der Waals surface area (Å²) in [5, 5.41) is 0. The molecule has 2 saturated heterocycles. The second-order valence-electron chi connectivity index (χ2n) is 7.68. The number of anilines is 1. The summed E-state index contributed by atoms with van der Waals surface area (Å²) >= 11 is 0. The van der Waals surface area contributed by atoms with Crippen molar-refractivity contribution in [3.8, 4) is 0 Å². The smallest absolute Gasteiger partial charge is 0.410 e. The van der Waals surface area contributed by atoms with E-state index >= 15 is 0 Å². The van der Waals surface area contributed by atoms with Crippen molar-refractivity contribution in [2.75, 3.05) is 31.1 Å². The summed E-state index contributed by atoms with van der Waals surface area (Å²) in [4.78, 5) is 19.4. The van der Waals surface area contributed by atoms with Crippen molar-refractivity contribution in [2.24, 2.45) is 5.92 Å². The Morgan fingerprint density at radius 2 is 1.80 bits per heavy atom. The van der Waals surface area contributed by atoms with Crippen molar-refractivity contribution >= 4 is 11.9 Å². The number of rotatable bonds is 2. The van der Waals surface area contributed by atoms with Crippen LogP contribution in [0, 0.1) is 5.92 Å². The molecule has 0 N–H and O–H groups in total. The Morgan fingerprint density at radius 1 is 1.16 bits per heavy atom. The molecule has 8 heteroatoms. The molecule has 5 nitrogen and oxygen atoms in total. The molecule has 0 spiro atoms. The molecular formula is C17H22F3N3O2. The molecule has 25 heavy (non-hydrogen) atoms. The molecule has 3 heterocycles. The highest BCUT2D eigenvalue weighted by Crippen LogP contribution is 2.36. The summed E-state index contributed by atoms with van der Waals surface area (Å²) in [7, 11) is 0. The Kier molecular flexibility index (Phi) is 4.33. The molecule has 0 bridgehead atoms. The van der Waals surface area contributed by atoms with E-state index in [1.165, 1.54) is 0 Å². The molecule has 2 aliphatic rings. The number of halogens is 3. The zero-order valence-corrected chi connectivity index (χ0v) is 14.5. The van der Waals surface area contributed by atoms with Gasteiger partial charge >= 0.3 is 12.3 Å². The van der Waals surface area contributed by atoms with E-state index < -0.39 is 17.7 Å². The lowest BCUT2D eigenvalue weighted by atomic mass is 9.93. The second kappa shape index (κ2) is 6.07. The van der Waals surface area contributed by atoms with E-state index in [9.17, 15) is 18.0 Å². The van der Waals surface area contributed by atoms with E-state index in [4.69, 9.17) is 4.74 Å². The Bertz CT molecular complexity index is 628. The molecule has 2 fully saturated rings. The second-order valence-corrected chi connectivity index (χ2v) is 7.68. The first kappa shape index (κ1) is 17.8. The summed E-state index contributed by atoms with van der Waals surface area (Å²) in [6.07, 6.45) is -2.77. The van der Waals surface area contributed by atoms with Gasteiger partial charge in [-0.1, -0.05) is 6.07 Å². The van der Waals surface area contributed by atoms with Crippen molar-refractivity contribution in [1.82, 2.24) is 9.88 Å². The molecular weight excluding hydrogens is 335 g/mol. The van der Waals surface area contributed by atoms with Crippen LogP contribution >= 0.6 is 0 Å². The van der Waals surface area contributed by atoms with Gasteiger partial charge < -0.3 is 14.5 Å². The first-order valence-corrected chi connectivity index (χ1v) is 8.28. The molecule has 1 aromatic heterocycles. The maximum atomic E-state index is 12.5. The maximum absolute atomic E-state index is 12.5. The number of carbonyl (C=O) groups excluding carboxylic acids is 1. The molecule has 0 atom stereocenters. The SMILES string of the molecule is CC(C)(C)OC(=O)N1CC(c2ccc(N3CC(C(F)(F)F)C3)nc2)C1. The molecule has 3 rings (SSSR count). The fourth-order valence-corrected chi connectivity index (χ4v) is 2.86. The van der Waals surface area contributed by atoms with Crippen molar-refractivity contribution in [3.63, 3.8) is 0 Å². The van der Waals surface area contributed by atoms with Gasteiger partial charge in [-0.25, -0.2) is 9.78 Å². The van der Waals surface area contributed by atoms with E-state index in [-0.39, 0.29) is 25.1 Å². The van der Waals surface area contributed by atoms with Gasteiger partial charge in [0.1, 0.15) is 11.4 Å². The average molecular weight is 357 g/mol. The first-order chi connectivity index (χ1) is 11.5. The molecule has 0 aliphatic carbocycles. The van der Waals surface area contributed by atoms with Gasteiger partial charge in [-0.15, -0.1) is 0 Å². The molecule has 1 aromatic rings. The van der Waals surface area contributed by atoms with Crippen LogP contribution in [0.2, 0.25) is 0 Å². The third-order valence-electron chi connectivity index (χ3n) is 4.44. The molecule has 0 aromatic carbocycles. The third kappa shape index (κ3) is 3.99. The van der Waals surface area contributed by atoms with Gasteiger partial charge in [-0.2, -0.15) is 13.2 Å². The predicted molar refractivity (Wildman–Crippen MR) is 86.5 cm³/mol. The Labute approximate surface area is 144 Å². The minimum atomic E-state index is -4.13. The summed E-state index contributed by atoms with van der Waals surface area (Å²) < 4.78 is 42.9. The molecule has 0 saturated carbocycles. The van der Waals surface area contributed by atoms with Crippen molar-refractivity contribution < 1.29 is 22.7 Å². The van der Waals surface area contributed by atoms with Crippen LogP contribution in [-0.2, 0) is 4.74 Å². The highest BCUT2D eigenvalue weighted by molar-refractivity contribution is 5.69. The summed E-state index contributed by atoms with van der Waals surface area (Å²) in [6.45, 7) is 6.53. The molecule has 138 valence electrons. The van der Waals surface area contributed by atoms with E-state index in [1.54, 1.807) is 22.1 Å². The van der Waals surface area contributed by atoms with Gasteiger partial charge in [0, 0.05) is 38.3 Å². The summed E-state index contributed by atoms with van der Waals surface area (Å²) in [5.74, 6) is -0.510. The fourth-order valence-electron chi connectivity index (χ4n) is 2.86. The monoisotopic (exact) mass is 357 g/mol. The lowest BCUT2D eigenvalue weighted by Gasteiger charge is -2.41. The van der Waals surface area contributed by atoms with Crippen LogP contribution in [0.15, 0.2) is 18.3 Å². The zero-order chi connectivity index (χ0) is 18.4. The quantitative estimate of drug-likeness (QED) is 0.814. The van der Waals surface area contributed by atoms with Gasteiger partial charge in [0.25, 0.3) is 0 Å². The number of nitrogens with zero attached hydrogens (tertiary/aromatic N) is 3. The minimum absolute atomic E-state index is 0.0360. The molecule has 0 radical (unpaired) electrons. The van der Waals surface area contributed by atoms with E-state index in [0.717, 1.165) is 5.56 Å². The van der Waals surface area contributed by atoms with Crippen molar-refractivity contribution in [1.29, 1.82) is 0 Å². The van der Waals surface area contributed by atoms with Crippen molar-refractivity contribution in [2.45, 2.75) is 38.5 Å². The summed E-state index contributed by atoms with van der Waals surface area (Å²) in [5.41, 5.74) is 0.466. The van der Waals surface area contributed by atoms with E-state index in [2.05, 4.69) is 4.98 Å². The number of amides is 1. The van der Waals surface area contributed by atoms with Gasteiger partial charge in [0.2, 0.25) is 0 Å². The normalized spacial score (nSPS) is 19.4. The number of carbonyl (C=O) groups is 1. The van der Waals surface area contributed by atoms with E-state index in [0.29, 0.717) is 18.9 Å². The number of likely N-dealkylation sites (tertiary alicyclic amines) is 1. The standard InChI is InChI=1S/C17H22F3N3O2/c1-16(2,3)25-15(24)23-7-12(8-23)11-4-5-14(21-6-11)22-9-13(10-22)17(18,19)20/h4-6,12-13H,7-10H2,1-3H3. The van der Waals surface area contributed by atoms with Gasteiger partial charge in [0.05, 0.1) is 5.92 Å². The minimum Gasteiger partial charge on any atom is -0.444 e. The lowest BCUT2D eigenvalue weighted by Crippen LogP contribution is -2.53. The lowest BCUT2D eigenvalue weighted by molar-refractivity contribution is -0.180. The number of aromatic nitrogens is 1. The number of ether oxygens (including phenoxy) is 1. The first-order valence-electron chi connectivity index (χ1n) is 8.28.